The number of nitrogens with one attached hydrogen (secondary N) is 1. The molecule has 0 radical (unpaired) electrons. The molecule has 0 spiro atoms. The third-order valence-electron chi connectivity index (χ3n) is 4.45. The van der Waals surface area contributed by atoms with E-state index in [1.807, 2.05) is 6.07 Å². The Balaban J connectivity index is 1.72. The first-order valence-electron chi connectivity index (χ1n) is 9.41. The molecule has 1 N–H and O–H groups in total. The van der Waals surface area contributed by atoms with Crippen LogP contribution in [-0.4, -0.2) is 26.1 Å². The zero-order valence-corrected chi connectivity index (χ0v) is 16.8. The Morgan fingerprint density at radius 3 is 1.93 bits per heavy atom. The molecule has 0 saturated heterocycles. The monoisotopic (exact) mass is 405 g/mol. The van der Waals surface area contributed by atoms with E-state index >= 15 is 0 Å². The van der Waals surface area contributed by atoms with Crippen LogP contribution in [0.4, 0.5) is 5.69 Å². The molecular formula is C24H23NO5. The second kappa shape index (κ2) is 10.1. The number of carbonyl (C=O) groups is 2. The number of carbonyl (C=O) groups excluding carboxylic acids is 2. The number of methoxy groups -OCH3 is 2. The average molecular weight is 405 g/mol. The smallest absolute Gasteiger partial charge is 0.311 e. The summed E-state index contributed by atoms with van der Waals surface area (Å²) >= 11 is 0. The van der Waals surface area contributed by atoms with Crippen molar-refractivity contribution in [2.45, 2.75) is 12.5 Å². The maximum absolute atomic E-state index is 12.9. The zero-order valence-electron chi connectivity index (χ0n) is 16.8. The summed E-state index contributed by atoms with van der Waals surface area (Å²) in [5, 5.41) is 2.79. The van der Waals surface area contributed by atoms with Crippen LogP contribution in [0, 0.1) is 0 Å². The number of hydrogen-bond acceptors (Lipinski definition) is 5. The second-order valence-electron chi connectivity index (χ2n) is 6.52. The normalized spacial score (nSPS) is 11.3. The van der Waals surface area contributed by atoms with Crippen LogP contribution in [-0.2, 0) is 20.7 Å². The van der Waals surface area contributed by atoms with Crippen LogP contribution in [0.5, 0.6) is 11.5 Å². The quantitative estimate of drug-likeness (QED) is 0.570. The van der Waals surface area contributed by atoms with E-state index in [9.17, 15) is 9.59 Å². The molecule has 1 amide bonds. The number of anilines is 1. The fourth-order valence-corrected chi connectivity index (χ4v) is 2.87. The standard InChI is InChI=1S/C24H23NO5/c1-28-20-12-8-17(9-13-20)16-22(26)30-23(18-6-4-3-5-7-18)24(27)25-19-10-14-21(29-2)15-11-19/h3-15,23H,16H2,1-2H3,(H,25,27)/t23-/m0/s1. The minimum atomic E-state index is -1.07. The number of rotatable bonds is 8. The fourth-order valence-electron chi connectivity index (χ4n) is 2.87. The molecule has 154 valence electrons. The minimum absolute atomic E-state index is 0.0448. The van der Waals surface area contributed by atoms with Crippen molar-refractivity contribution >= 4 is 17.6 Å². The van der Waals surface area contributed by atoms with Gasteiger partial charge < -0.3 is 19.5 Å². The first kappa shape index (κ1) is 20.9. The Kier molecular flexibility index (Phi) is 7.05. The Bertz CT molecular complexity index is 969. The molecule has 3 aromatic rings. The molecule has 0 heterocycles. The summed E-state index contributed by atoms with van der Waals surface area (Å²) in [5.41, 5.74) is 1.93. The van der Waals surface area contributed by atoms with Crippen LogP contribution >= 0.6 is 0 Å². The lowest BCUT2D eigenvalue weighted by Crippen LogP contribution is -2.26. The van der Waals surface area contributed by atoms with Crippen molar-refractivity contribution in [2.24, 2.45) is 0 Å². The number of hydrogen-bond donors (Lipinski definition) is 1. The molecule has 0 aliphatic heterocycles. The highest BCUT2D eigenvalue weighted by Gasteiger charge is 2.25. The highest BCUT2D eigenvalue weighted by molar-refractivity contribution is 5.96. The van der Waals surface area contributed by atoms with Gasteiger partial charge in [-0.25, -0.2) is 0 Å². The van der Waals surface area contributed by atoms with Gasteiger partial charge in [-0.3, -0.25) is 9.59 Å². The first-order chi connectivity index (χ1) is 14.6. The Hall–Kier alpha value is -3.80. The summed E-state index contributed by atoms with van der Waals surface area (Å²) in [7, 11) is 3.15. The molecule has 3 rings (SSSR count). The van der Waals surface area contributed by atoms with E-state index in [2.05, 4.69) is 5.32 Å². The summed E-state index contributed by atoms with van der Waals surface area (Å²) < 4.78 is 15.8. The summed E-state index contributed by atoms with van der Waals surface area (Å²) in [6.45, 7) is 0. The van der Waals surface area contributed by atoms with Crippen LogP contribution < -0.4 is 14.8 Å². The van der Waals surface area contributed by atoms with Crippen LogP contribution in [0.1, 0.15) is 17.2 Å². The van der Waals surface area contributed by atoms with Crippen molar-refractivity contribution < 1.29 is 23.8 Å². The predicted octanol–water partition coefficient (Wildman–Crippen LogP) is 4.17. The van der Waals surface area contributed by atoms with Gasteiger partial charge in [0.1, 0.15) is 11.5 Å². The van der Waals surface area contributed by atoms with Gasteiger partial charge in [0.2, 0.25) is 6.10 Å². The van der Waals surface area contributed by atoms with Gasteiger partial charge in [0, 0.05) is 11.3 Å². The molecule has 0 fully saturated rings. The molecule has 6 heteroatoms. The van der Waals surface area contributed by atoms with E-state index in [1.54, 1.807) is 87.0 Å². The lowest BCUT2D eigenvalue weighted by atomic mass is 10.1. The Morgan fingerprint density at radius 1 is 0.800 bits per heavy atom. The molecule has 0 aliphatic rings. The molecule has 0 unspecified atom stereocenters. The van der Waals surface area contributed by atoms with Gasteiger partial charge in [-0.1, -0.05) is 42.5 Å². The first-order valence-corrected chi connectivity index (χ1v) is 9.41. The molecule has 0 bridgehead atoms. The van der Waals surface area contributed by atoms with Gasteiger partial charge in [0.05, 0.1) is 20.6 Å². The predicted molar refractivity (Wildman–Crippen MR) is 114 cm³/mol. The van der Waals surface area contributed by atoms with E-state index in [1.165, 1.54) is 0 Å². The van der Waals surface area contributed by atoms with Crippen LogP contribution in [0.15, 0.2) is 78.9 Å². The minimum Gasteiger partial charge on any atom is -0.497 e. The van der Waals surface area contributed by atoms with Gasteiger partial charge in [0.25, 0.3) is 5.91 Å². The second-order valence-corrected chi connectivity index (χ2v) is 6.52. The third-order valence-corrected chi connectivity index (χ3v) is 4.45. The SMILES string of the molecule is COc1ccc(CC(=O)O[C@H](C(=O)Nc2ccc(OC)cc2)c2ccccc2)cc1. The van der Waals surface area contributed by atoms with Gasteiger partial charge >= 0.3 is 5.97 Å². The largest absolute Gasteiger partial charge is 0.497 e. The number of ether oxygens (including phenoxy) is 3. The van der Waals surface area contributed by atoms with Crippen molar-refractivity contribution in [3.63, 3.8) is 0 Å². The van der Waals surface area contributed by atoms with E-state index in [0.29, 0.717) is 22.7 Å². The lowest BCUT2D eigenvalue weighted by molar-refractivity contribution is -0.154. The summed E-state index contributed by atoms with van der Waals surface area (Å²) in [5.74, 6) is 0.444. The average Bonchev–Trinajstić information content (AvgIpc) is 2.79. The van der Waals surface area contributed by atoms with Gasteiger partial charge in [0.15, 0.2) is 0 Å². The highest BCUT2D eigenvalue weighted by atomic mass is 16.5. The van der Waals surface area contributed by atoms with Gasteiger partial charge in [-0.05, 0) is 42.0 Å². The summed E-state index contributed by atoms with van der Waals surface area (Å²) in [6.07, 6.45) is -1.03. The Labute approximate surface area is 175 Å². The van der Waals surface area contributed by atoms with E-state index in [4.69, 9.17) is 14.2 Å². The Morgan fingerprint density at radius 2 is 1.37 bits per heavy atom. The summed E-state index contributed by atoms with van der Waals surface area (Å²) in [4.78, 5) is 25.4. The lowest BCUT2D eigenvalue weighted by Gasteiger charge is -2.18. The van der Waals surface area contributed by atoms with Crippen molar-refractivity contribution in [3.05, 3.63) is 90.0 Å². The zero-order chi connectivity index (χ0) is 21.3. The molecular weight excluding hydrogens is 382 g/mol. The number of amides is 1. The fraction of sp³-hybridized carbons (Fsp3) is 0.167. The van der Waals surface area contributed by atoms with E-state index in [-0.39, 0.29) is 6.42 Å². The topological polar surface area (TPSA) is 73.9 Å². The van der Waals surface area contributed by atoms with Gasteiger partial charge in [-0.15, -0.1) is 0 Å². The van der Waals surface area contributed by atoms with Crippen molar-refractivity contribution in [2.75, 3.05) is 19.5 Å². The van der Waals surface area contributed by atoms with Crippen LogP contribution in [0.25, 0.3) is 0 Å². The summed E-state index contributed by atoms with van der Waals surface area (Å²) in [6, 6.07) is 23.0. The maximum atomic E-state index is 12.9. The maximum Gasteiger partial charge on any atom is 0.311 e. The molecule has 3 aromatic carbocycles. The van der Waals surface area contributed by atoms with Crippen LogP contribution in [0.3, 0.4) is 0 Å². The van der Waals surface area contributed by atoms with Gasteiger partial charge in [-0.2, -0.15) is 0 Å². The third kappa shape index (κ3) is 5.61. The number of esters is 1. The molecule has 0 aromatic heterocycles. The highest BCUT2D eigenvalue weighted by Crippen LogP contribution is 2.22. The molecule has 30 heavy (non-hydrogen) atoms. The van der Waals surface area contributed by atoms with Crippen molar-refractivity contribution in [1.82, 2.24) is 0 Å². The van der Waals surface area contributed by atoms with Crippen molar-refractivity contribution in [3.8, 4) is 11.5 Å². The number of benzene rings is 3. The van der Waals surface area contributed by atoms with E-state index in [0.717, 1.165) is 5.56 Å². The van der Waals surface area contributed by atoms with E-state index < -0.39 is 18.0 Å². The van der Waals surface area contributed by atoms with Crippen molar-refractivity contribution in [1.29, 1.82) is 0 Å². The molecule has 0 saturated carbocycles. The molecule has 0 aliphatic carbocycles. The molecule has 1 atom stereocenters. The molecule has 6 nitrogen and oxygen atoms in total. The van der Waals surface area contributed by atoms with Crippen LogP contribution in [0.2, 0.25) is 0 Å².